The van der Waals surface area contributed by atoms with Gasteiger partial charge in [0.1, 0.15) is 5.82 Å². The van der Waals surface area contributed by atoms with E-state index in [0.29, 0.717) is 29.7 Å². The summed E-state index contributed by atoms with van der Waals surface area (Å²) in [7, 11) is -3.27. The van der Waals surface area contributed by atoms with Crippen molar-refractivity contribution in [3.05, 3.63) is 24.0 Å². The fraction of sp³-hybridized carbons (Fsp3) is 0.500. The van der Waals surface area contributed by atoms with Gasteiger partial charge in [0.15, 0.2) is 9.84 Å². The zero-order valence-corrected chi connectivity index (χ0v) is 12.4. The van der Waals surface area contributed by atoms with Crippen molar-refractivity contribution in [1.82, 2.24) is 9.97 Å². The molecule has 0 aliphatic heterocycles. The summed E-state index contributed by atoms with van der Waals surface area (Å²) in [6, 6.07) is 4.69. The first kappa shape index (κ1) is 14.4. The molecule has 0 amide bonds. The quantitative estimate of drug-likeness (QED) is 0.925. The third kappa shape index (κ3) is 2.92. The number of hydrogen-bond acceptors (Lipinski definition) is 3. The lowest BCUT2D eigenvalue weighted by atomic mass is 9.86. The molecule has 2 aromatic rings. The lowest BCUT2D eigenvalue weighted by Gasteiger charge is -2.26. The van der Waals surface area contributed by atoms with Gasteiger partial charge >= 0.3 is 0 Å². The number of aromatic amines is 1. The first-order chi connectivity index (χ1) is 9.74. The van der Waals surface area contributed by atoms with Crippen LogP contribution in [0, 0.1) is 0 Å². The lowest BCUT2D eigenvalue weighted by Crippen LogP contribution is -2.24. The number of benzene rings is 1. The fourth-order valence-electron chi connectivity index (χ4n) is 2.75. The molecule has 7 heteroatoms. The van der Waals surface area contributed by atoms with E-state index in [1.165, 1.54) is 6.07 Å². The molecule has 1 N–H and O–H groups in total. The predicted octanol–water partition coefficient (Wildman–Crippen LogP) is 3.26. The van der Waals surface area contributed by atoms with Crippen molar-refractivity contribution < 1.29 is 17.2 Å². The van der Waals surface area contributed by atoms with Gasteiger partial charge in [-0.1, -0.05) is 0 Å². The van der Waals surface area contributed by atoms with Crippen molar-refractivity contribution in [3.63, 3.8) is 0 Å². The van der Waals surface area contributed by atoms with E-state index in [-0.39, 0.29) is 23.7 Å². The molecule has 1 aliphatic rings. The SMILES string of the molecule is CS(=O)(=O)c1ccc2nc(C3CCC(F)(F)CC3)[nH]c2c1. The number of nitrogens with zero attached hydrogens (tertiary/aromatic N) is 1. The Kier molecular flexibility index (Phi) is 3.27. The number of halogens is 2. The second kappa shape index (κ2) is 4.76. The van der Waals surface area contributed by atoms with E-state index >= 15 is 0 Å². The molecule has 0 spiro atoms. The van der Waals surface area contributed by atoms with Gasteiger partial charge in [0, 0.05) is 25.0 Å². The molecule has 1 aliphatic carbocycles. The monoisotopic (exact) mass is 314 g/mol. The van der Waals surface area contributed by atoms with Crippen molar-refractivity contribution in [1.29, 1.82) is 0 Å². The number of nitrogens with one attached hydrogen (secondary N) is 1. The Morgan fingerprint density at radius 1 is 1.29 bits per heavy atom. The molecule has 4 nitrogen and oxygen atoms in total. The van der Waals surface area contributed by atoms with Crippen LogP contribution in [0.2, 0.25) is 0 Å². The minimum absolute atomic E-state index is 0.0151. The van der Waals surface area contributed by atoms with Crippen LogP contribution in [0.1, 0.15) is 37.4 Å². The molecule has 0 atom stereocenters. The minimum Gasteiger partial charge on any atom is -0.342 e. The maximum absolute atomic E-state index is 13.2. The first-order valence-corrected chi connectivity index (χ1v) is 8.71. The number of imidazole rings is 1. The summed E-state index contributed by atoms with van der Waals surface area (Å²) in [6.07, 6.45) is 1.69. The van der Waals surface area contributed by atoms with Crippen LogP contribution >= 0.6 is 0 Å². The number of aromatic nitrogens is 2. The van der Waals surface area contributed by atoms with Crippen LogP contribution in [-0.4, -0.2) is 30.6 Å². The summed E-state index contributed by atoms with van der Waals surface area (Å²) in [4.78, 5) is 7.72. The molecule has 1 fully saturated rings. The van der Waals surface area contributed by atoms with Gasteiger partial charge in [-0.3, -0.25) is 0 Å². The summed E-state index contributed by atoms with van der Waals surface area (Å²) in [6.45, 7) is 0. The van der Waals surface area contributed by atoms with Gasteiger partial charge in [-0.05, 0) is 31.0 Å². The molecule has 0 radical (unpaired) electrons. The van der Waals surface area contributed by atoms with Gasteiger partial charge in [-0.15, -0.1) is 0 Å². The normalized spacial score (nSPS) is 20.0. The van der Waals surface area contributed by atoms with Gasteiger partial charge in [0.2, 0.25) is 5.92 Å². The third-order valence-electron chi connectivity index (χ3n) is 4.00. The molecule has 0 unspecified atom stereocenters. The number of H-pyrrole nitrogens is 1. The second-order valence-electron chi connectivity index (χ2n) is 5.70. The zero-order chi connectivity index (χ0) is 15.3. The van der Waals surface area contributed by atoms with Crippen molar-refractivity contribution in [2.75, 3.05) is 6.26 Å². The van der Waals surface area contributed by atoms with Crippen molar-refractivity contribution in [2.24, 2.45) is 0 Å². The standard InChI is InChI=1S/C14H16F2N2O2S/c1-21(19,20)10-2-3-11-12(8-10)18-13(17-11)9-4-6-14(15,16)7-5-9/h2-3,8-9H,4-7H2,1H3,(H,17,18). The highest BCUT2D eigenvalue weighted by molar-refractivity contribution is 7.90. The summed E-state index contributed by atoms with van der Waals surface area (Å²) >= 11 is 0. The fourth-order valence-corrected chi connectivity index (χ4v) is 3.39. The van der Waals surface area contributed by atoms with Gasteiger partial charge in [-0.2, -0.15) is 0 Å². The average molecular weight is 314 g/mol. The van der Waals surface area contributed by atoms with E-state index in [1.54, 1.807) is 12.1 Å². The third-order valence-corrected chi connectivity index (χ3v) is 5.11. The molecule has 3 rings (SSSR count). The maximum Gasteiger partial charge on any atom is 0.248 e. The lowest BCUT2D eigenvalue weighted by molar-refractivity contribution is -0.0387. The Morgan fingerprint density at radius 2 is 1.95 bits per heavy atom. The minimum atomic E-state index is -3.27. The van der Waals surface area contributed by atoms with Gasteiger partial charge in [0.05, 0.1) is 15.9 Å². The highest BCUT2D eigenvalue weighted by Crippen LogP contribution is 2.40. The van der Waals surface area contributed by atoms with Crippen LogP contribution in [-0.2, 0) is 9.84 Å². The summed E-state index contributed by atoms with van der Waals surface area (Å²) in [5, 5.41) is 0. The zero-order valence-electron chi connectivity index (χ0n) is 11.6. The number of fused-ring (bicyclic) bond motifs is 1. The first-order valence-electron chi connectivity index (χ1n) is 6.82. The van der Waals surface area contributed by atoms with Crippen LogP contribution in [0.25, 0.3) is 11.0 Å². The Hall–Kier alpha value is -1.50. The Bertz CT molecular complexity index is 773. The molecular weight excluding hydrogens is 298 g/mol. The Labute approximate surface area is 121 Å². The van der Waals surface area contributed by atoms with Crippen LogP contribution < -0.4 is 0 Å². The molecule has 1 aromatic carbocycles. The number of hydrogen-bond donors (Lipinski definition) is 1. The predicted molar refractivity (Wildman–Crippen MR) is 75.4 cm³/mol. The van der Waals surface area contributed by atoms with E-state index in [9.17, 15) is 17.2 Å². The largest absolute Gasteiger partial charge is 0.342 e. The smallest absolute Gasteiger partial charge is 0.248 e. The molecule has 114 valence electrons. The van der Waals surface area contributed by atoms with Crippen LogP contribution in [0.5, 0.6) is 0 Å². The van der Waals surface area contributed by atoms with Gasteiger partial charge in [0.25, 0.3) is 0 Å². The van der Waals surface area contributed by atoms with E-state index < -0.39 is 15.8 Å². The van der Waals surface area contributed by atoms with Crippen LogP contribution in [0.3, 0.4) is 0 Å². The summed E-state index contributed by atoms with van der Waals surface area (Å²) < 4.78 is 49.4. The molecule has 1 heterocycles. The highest BCUT2D eigenvalue weighted by Gasteiger charge is 2.36. The van der Waals surface area contributed by atoms with Crippen molar-refractivity contribution in [3.8, 4) is 0 Å². The van der Waals surface area contributed by atoms with E-state index in [4.69, 9.17) is 0 Å². The highest BCUT2D eigenvalue weighted by atomic mass is 32.2. The van der Waals surface area contributed by atoms with Gasteiger partial charge < -0.3 is 4.98 Å². The Balaban J connectivity index is 1.91. The molecule has 21 heavy (non-hydrogen) atoms. The van der Waals surface area contributed by atoms with E-state index in [1.807, 2.05) is 0 Å². The second-order valence-corrected chi connectivity index (χ2v) is 7.72. The molecule has 0 bridgehead atoms. The average Bonchev–Trinajstić information content (AvgIpc) is 2.80. The molecule has 0 saturated heterocycles. The molecular formula is C14H16F2N2O2S. The summed E-state index contributed by atoms with van der Waals surface area (Å²) in [5.74, 6) is -1.91. The topological polar surface area (TPSA) is 62.8 Å². The molecule has 1 aromatic heterocycles. The Morgan fingerprint density at radius 3 is 2.57 bits per heavy atom. The van der Waals surface area contributed by atoms with Crippen molar-refractivity contribution >= 4 is 20.9 Å². The number of rotatable bonds is 2. The van der Waals surface area contributed by atoms with Crippen LogP contribution in [0.15, 0.2) is 23.1 Å². The van der Waals surface area contributed by atoms with E-state index in [2.05, 4.69) is 9.97 Å². The maximum atomic E-state index is 13.2. The van der Waals surface area contributed by atoms with Gasteiger partial charge in [-0.25, -0.2) is 22.2 Å². The number of sulfone groups is 1. The summed E-state index contributed by atoms with van der Waals surface area (Å²) in [5.41, 5.74) is 1.29. The van der Waals surface area contributed by atoms with E-state index in [0.717, 1.165) is 6.26 Å². The molecule has 1 saturated carbocycles. The van der Waals surface area contributed by atoms with Crippen LogP contribution in [0.4, 0.5) is 8.78 Å². The van der Waals surface area contributed by atoms with Crippen molar-refractivity contribution in [2.45, 2.75) is 42.4 Å². The number of alkyl halides is 2.